The lowest BCUT2D eigenvalue weighted by molar-refractivity contribution is 0.394. The van der Waals surface area contributed by atoms with E-state index in [1.54, 1.807) is 0 Å². The summed E-state index contributed by atoms with van der Waals surface area (Å²) in [5.74, 6) is 2.59. The van der Waals surface area contributed by atoms with E-state index >= 15 is 0 Å². The lowest BCUT2D eigenvalue weighted by atomic mass is 9.95. The molecule has 90 valence electrons. The van der Waals surface area contributed by atoms with Crippen molar-refractivity contribution in [3.63, 3.8) is 0 Å². The van der Waals surface area contributed by atoms with Gasteiger partial charge in [-0.3, -0.25) is 0 Å². The molecule has 1 aliphatic rings. The minimum Gasteiger partial charge on any atom is -0.338 e. The Morgan fingerprint density at radius 1 is 1.50 bits per heavy atom. The minimum absolute atomic E-state index is 0.634. The fourth-order valence-electron chi connectivity index (χ4n) is 2.88. The molecule has 3 nitrogen and oxygen atoms in total. The lowest BCUT2D eigenvalue weighted by Crippen LogP contribution is -2.33. The Hall–Kier alpha value is -0.830. The van der Waals surface area contributed by atoms with Crippen LogP contribution in [-0.2, 0) is 7.05 Å². The van der Waals surface area contributed by atoms with Crippen LogP contribution in [-0.4, -0.2) is 22.1 Å². The van der Waals surface area contributed by atoms with E-state index in [1.807, 2.05) is 6.20 Å². The second-order valence-electron chi connectivity index (χ2n) is 5.00. The van der Waals surface area contributed by atoms with E-state index in [1.165, 1.54) is 25.1 Å². The fourth-order valence-corrected chi connectivity index (χ4v) is 2.88. The van der Waals surface area contributed by atoms with Crippen LogP contribution in [0.5, 0.6) is 0 Å². The molecule has 2 rings (SSSR count). The van der Waals surface area contributed by atoms with E-state index in [2.05, 4.69) is 42.0 Å². The van der Waals surface area contributed by atoms with Crippen molar-refractivity contribution in [3.05, 3.63) is 18.2 Å². The van der Waals surface area contributed by atoms with E-state index in [0.29, 0.717) is 17.9 Å². The first-order valence-electron chi connectivity index (χ1n) is 6.44. The highest BCUT2D eigenvalue weighted by atomic mass is 15.0. The largest absolute Gasteiger partial charge is 0.338 e. The van der Waals surface area contributed by atoms with Crippen LogP contribution in [0.15, 0.2) is 12.4 Å². The summed E-state index contributed by atoms with van der Waals surface area (Å²) in [5.41, 5.74) is 0. The molecule has 0 radical (unpaired) electrons. The zero-order valence-corrected chi connectivity index (χ0v) is 10.6. The van der Waals surface area contributed by atoms with Crippen molar-refractivity contribution in [2.75, 3.05) is 6.54 Å². The van der Waals surface area contributed by atoms with Crippen molar-refractivity contribution in [3.8, 4) is 0 Å². The first kappa shape index (κ1) is 11.6. The standard InChI is InChI=1S/C13H23N3/c1-4-7-14-12-6-5-11(10(12)2)13-15-8-9-16(13)3/h8-12,14H,4-7H2,1-3H3. The molecule has 1 N–H and O–H groups in total. The number of hydrogen-bond donors (Lipinski definition) is 1. The van der Waals surface area contributed by atoms with Gasteiger partial charge in [0.1, 0.15) is 5.82 Å². The third kappa shape index (κ3) is 2.14. The fraction of sp³-hybridized carbons (Fsp3) is 0.769. The molecule has 3 heteroatoms. The number of nitrogens with one attached hydrogen (secondary N) is 1. The summed E-state index contributed by atoms with van der Waals surface area (Å²) < 4.78 is 2.17. The van der Waals surface area contributed by atoms with Crippen molar-refractivity contribution in [1.29, 1.82) is 0 Å². The van der Waals surface area contributed by atoms with Gasteiger partial charge in [0, 0.05) is 31.4 Å². The molecule has 3 atom stereocenters. The van der Waals surface area contributed by atoms with Crippen molar-refractivity contribution in [2.45, 2.75) is 45.1 Å². The highest BCUT2D eigenvalue weighted by Crippen LogP contribution is 2.38. The molecule has 0 bridgehead atoms. The van der Waals surface area contributed by atoms with Gasteiger partial charge in [-0.2, -0.15) is 0 Å². The SMILES string of the molecule is CCCNC1CCC(c2nccn2C)C1C. The molecule has 0 amide bonds. The van der Waals surface area contributed by atoms with Gasteiger partial charge in [0.25, 0.3) is 0 Å². The van der Waals surface area contributed by atoms with Gasteiger partial charge in [-0.15, -0.1) is 0 Å². The van der Waals surface area contributed by atoms with Gasteiger partial charge >= 0.3 is 0 Å². The Morgan fingerprint density at radius 3 is 2.94 bits per heavy atom. The molecule has 1 aliphatic carbocycles. The summed E-state index contributed by atoms with van der Waals surface area (Å²) in [6, 6.07) is 0.682. The van der Waals surface area contributed by atoms with Gasteiger partial charge < -0.3 is 9.88 Å². The van der Waals surface area contributed by atoms with Crippen LogP contribution in [0.25, 0.3) is 0 Å². The van der Waals surface area contributed by atoms with Crippen molar-refractivity contribution < 1.29 is 0 Å². The van der Waals surface area contributed by atoms with E-state index < -0.39 is 0 Å². The highest BCUT2D eigenvalue weighted by Gasteiger charge is 2.35. The maximum atomic E-state index is 4.50. The number of aryl methyl sites for hydroxylation is 1. The monoisotopic (exact) mass is 221 g/mol. The van der Waals surface area contributed by atoms with Gasteiger partial charge in [0.05, 0.1) is 0 Å². The summed E-state index contributed by atoms with van der Waals surface area (Å²) >= 11 is 0. The predicted octanol–water partition coefficient (Wildman–Crippen LogP) is 2.30. The van der Waals surface area contributed by atoms with Gasteiger partial charge in [0.15, 0.2) is 0 Å². The van der Waals surface area contributed by atoms with Gasteiger partial charge in [-0.1, -0.05) is 13.8 Å². The number of rotatable bonds is 4. The van der Waals surface area contributed by atoms with Gasteiger partial charge in [-0.25, -0.2) is 4.98 Å². The smallest absolute Gasteiger partial charge is 0.111 e. The second-order valence-corrected chi connectivity index (χ2v) is 5.00. The van der Waals surface area contributed by atoms with Crippen LogP contribution in [0.2, 0.25) is 0 Å². The minimum atomic E-state index is 0.634. The average Bonchev–Trinajstić information content (AvgIpc) is 2.83. The number of imidazole rings is 1. The van der Waals surface area contributed by atoms with Crippen molar-refractivity contribution in [1.82, 2.24) is 14.9 Å². The van der Waals surface area contributed by atoms with Crippen LogP contribution in [0.4, 0.5) is 0 Å². The summed E-state index contributed by atoms with van der Waals surface area (Å²) in [5, 5.41) is 3.66. The quantitative estimate of drug-likeness (QED) is 0.845. The predicted molar refractivity (Wildman–Crippen MR) is 66.4 cm³/mol. The maximum absolute atomic E-state index is 4.50. The summed E-state index contributed by atoms with van der Waals surface area (Å²) in [4.78, 5) is 4.50. The molecular formula is C13H23N3. The second kappa shape index (κ2) is 5.00. The molecule has 1 aromatic rings. The normalized spacial score (nSPS) is 29.8. The zero-order chi connectivity index (χ0) is 11.5. The molecule has 1 heterocycles. The maximum Gasteiger partial charge on any atom is 0.111 e. The first-order valence-corrected chi connectivity index (χ1v) is 6.44. The van der Waals surface area contributed by atoms with Crippen LogP contribution in [0.1, 0.15) is 44.9 Å². The van der Waals surface area contributed by atoms with Crippen molar-refractivity contribution in [2.24, 2.45) is 13.0 Å². The van der Waals surface area contributed by atoms with E-state index in [4.69, 9.17) is 0 Å². The molecule has 3 unspecified atom stereocenters. The molecule has 1 saturated carbocycles. The summed E-state index contributed by atoms with van der Waals surface area (Å²) in [6.07, 6.45) is 7.74. The van der Waals surface area contributed by atoms with Crippen LogP contribution >= 0.6 is 0 Å². The Bertz CT molecular complexity index is 332. The number of aromatic nitrogens is 2. The Kier molecular flexibility index (Phi) is 3.64. The van der Waals surface area contributed by atoms with Crippen LogP contribution in [0.3, 0.4) is 0 Å². The average molecular weight is 221 g/mol. The summed E-state index contributed by atoms with van der Waals surface area (Å²) in [6.45, 7) is 5.73. The molecule has 1 fully saturated rings. The lowest BCUT2D eigenvalue weighted by Gasteiger charge is -2.21. The van der Waals surface area contributed by atoms with E-state index in [9.17, 15) is 0 Å². The van der Waals surface area contributed by atoms with E-state index in [0.717, 1.165) is 6.54 Å². The Labute approximate surface area is 98.3 Å². The third-order valence-corrected chi connectivity index (χ3v) is 3.90. The molecular weight excluding hydrogens is 198 g/mol. The third-order valence-electron chi connectivity index (χ3n) is 3.90. The van der Waals surface area contributed by atoms with Gasteiger partial charge in [-0.05, 0) is 31.7 Å². The van der Waals surface area contributed by atoms with Crippen molar-refractivity contribution >= 4 is 0 Å². The molecule has 16 heavy (non-hydrogen) atoms. The van der Waals surface area contributed by atoms with E-state index in [-0.39, 0.29) is 0 Å². The number of hydrogen-bond acceptors (Lipinski definition) is 2. The van der Waals surface area contributed by atoms with Gasteiger partial charge in [0.2, 0.25) is 0 Å². The van der Waals surface area contributed by atoms with Crippen LogP contribution in [0, 0.1) is 5.92 Å². The first-order chi connectivity index (χ1) is 7.74. The highest BCUT2D eigenvalue weighted by molar-refractivity contribution is 5.07. The Morgan fingerprint density at radius 2 is 2.31 bits per heavy atom. The molecule has 0 aromatic carbocycles. The Balaban J connectivity index is 2.02. The molecule has 0 aliphatic heterocycles. The molecule has 0 saturated heterocycles. The molecule has 0 spiro atoms. The van der Waals surface area contributed by atoms with Crippen LogP contribution < -0.4 is 5.32 Å². The topological polar surface area (TPSA) is 29.9 Å². The molecule has 1 aromatic heterocycles. The number of nitrogens with zero attached hydrogens (tertiary/aromatic N) is 2. The zero-order valence-electron chi connectivity index (χ0n) is 10.6. The summed E-state index contributed by atoms with van der Waals surface area (Å²) in [7, 11) is 2.10.